The van der Waals surface area contributed by atoms with Gasteiger partial charge in [-0.15, -0.1) is 0 Å². The van der Waals surface area contributed by atoms with Gasteiger partial charge in [0.2, 0.25) is 0 Å². The van der Waals surface area contributed by atoms with Crippen molar-refractivity contribution in [2.45, 2.75) is 57.7 Å². The molecule has 1 aliphatic rings. The van der Waals surface area contributed by atoms with Crippen LogP contribution in [0.5, 0.6) is 0 Å². The number of methoxy groups -OCH3 is 1. The molecule has 3 atom stereocenters. The lowest BCUT2D eigenvalue weighted by atomic mass is 9.91. The summed E-state index contributed by atoms with van der Waals surface area (Å²) in [6, 6.07) is 9.65. The average Bonchev–Trinajstić information content (AvgIpc) is 2.39. The summed E-state index contributed by atoms with van der Waals surface area (Å²) in [5.74, 6) is 0. The van der Waals surface area contributed by atoms with Crippen LogP contribution in [-0.4, -0.2) is 19.3 Å². The summed E-state index contributed by atoms with van der Waals surface area (Å²) in [5, 5.41) is 3.74. The SMILES string of the molecule is COC1CCCCC1N[C@H](C)c1cccc(C)c1. The van der Waals surface area contributed by atoms with E-state index in [-0.39, 0.29) is 0 Å². The lowest BCUT2D eigenvalue weighted by molar-refractivity contribution is 0.0384. The molecule has 0 saturated heterocycles. The van der Waals surface area contributed by atoms with Crippen LogP contribution in [0, 0.1) is 6.92 Å². The van der Waals surface area contributed by atoms with Gasteiger partial charge in [0.25, 0.3) is 0 Å². The number of nitrogens with one attached hydrogen (secondary N) is 1. The molecule has 100 valence electrons. The minimum atomic E-state index is 0.381. The van der Waals surface area contributed by atoms with Crippen LogP contribution >= 0.6 is 0 Å². The van der Waals surface area contributed by atoms with Crippen LogP contribution in [0.2, 0.25) is 0 Å². The molecule has 0 radical (unpaired) electrons. The monoisotopic (exact) mass is 247 g/mol. The van der Waals surface area contributed by atoms with E-state index in [0.717, 1.165) is 0 Å². The Bertz CT molecular complexity index is 377. The second-order valence-electron chi connectivity index (χ2n) is 5.47. The standard InChI is InChI=1S/C16H25NO/c1-12-7-6-8-14(11-12)13(2)17-15-9-4-5-10-16(15)18-3/h6-8,11,13,15-17H,4-5,9-10H2,1-3H3/t13-,15?,16?/m1/s1. The third-order valence-corrected chi connectivity index (χ3v) is 4.01. The summed E-state index contributed by atoms with van der Waals surface area (Å²) in [6.07, 6.45) is 5.42. The highest BCUT2D eigenvalue weighted by molar-refractivity contribution is 5.24. The molecule has 1 aliphatic carbocycles. The van der Waals surface area contributed by atoms with Crippen molar-refractivity contribution in [3.8, 4) is 0 Å². The van der Waals surface area contributed by atoms with Crippen molar-refractivity contribution < 1.29 is 4.74 Å². The predicted molar refractivity (Wildman–Crippen MR) is 75.8 cm³/mol. The zero-order valence-corrected chi connectivity index (χ0v) is 11.8. The summed E-state index contributed by atoms with van der Waals surface area (Å²) in [5.41, 5.74) is 2.70. The highest BCUT2D eigenvalue weighted by atomic mass is 16.5. The fraction of sp³-hybridized carbons (Fsp3) is 0.625. The zero-order chi connectivity index (χ0) is 13.0. The van der Waals surface area contributed by atoms with Crippen molar-refractivity contribution >= 4 is 0 Å². The second-order valence-corrected chi connectivity index (χ2v) is 5.47. The topological polar surface area (TPSA) is 21.3 Å². The van der Waals surface area contributed by atoms with Crippen LogP contribution < -0.4 is 5.32 Å². The van der Waals surface area contributed by atoms with Gasteiger partial charge in [-0.3, -0.25) is 0 Å². The molecule has 0 aliphatic heterocycles. The number of benzene rings is 1. The Balaban J connectivity index is 1.99. The van der Waals surface area contributed by atoms with E-state index in [1.807, 2.05) is 7.11 Å². The molecule has 0 amide bonds. The Hall–Kier alpha value is -0.860. The first kappa shape index (κ1) is 13.6. The Morgan fingerprint density at radius 3 is 2.78 bits per heavy atom. The molecule has 2 heteroatoms. The van der Waals surface area contributed by atoms with Crippen molar-refractivity contribution in [2.24, 2.45) is 0 Å². The molecular formula is C16H25NO. The van der Waals surface area contributed by atoms with E-state index < -0.39 is 0 Å². The van der Waals surface area contributed by atoms with Gasteiger partial charge in [0.1, 0.15) is 0 Å². The van der Waals surface area contributed by atoms with Gasteiger partial charge < -0.3 is 10.1 Å². The average molecular weight is 247 g/mol. The quantitative estimate of drug-likeness (QED) is 0.877. The van der Waals surface area contributed by atoms with E-state index in [4.69, 9.17) is 4.74 Å². The highest BCUT2D eigenvalue weighted by Gasteiger charge is 2.26. The molecule has 0 spiro atoms. The normalized spacial score (nSPS) is 25.9. The van der Waals surface area contributed by atoms with Gasteiger partial charge in [-0.2, -0.15) is 0 Å². The summed E-state index contributed by atoms with van der Waals surface area (Å²) in [4.78, 5) is 0. The summed E-state index contributed by atoms with van der Waals surface area (Å²) in [6.45, 7) is 4.39. The maximum Gasteiger partial charge on any atom is 0.0724 e. The predicted octanol–water partition coefficient (Wildman–Crippen LogP) is 3.60. The van der Waals surface area contributed by atoms with Crippen molar-refractivity contribution in [1.29, 1.82) is 0 Å². The Labute approximate surface area is 111 Å². The van der Waals surface area contributed by atoms with E-state index >= 15 is 0 Å². The number of hydrogen-bond donors (Lipinski definition) is 1. The van der Waals surface area contributed by atoms with Crippen LogP contribution in [0.1, 0.15) is 49.8 Å². The molecule has 18 heavy (non-hydrogen) atoms. The van der Waals surface area contributed by atoms with E-state index in [2.05, 4.69) is 43.4 Å². The van der Waals surface area contributed by atoms with Gasteiger partial charge in [-0.25, -0.2) is 0 Å². The number of ether oxygens (including phenoxy) is 1. The van der Waals surface area contributed by atoms with E-state index in [0.29, 0.717) is 18.2 Å². The van der Waals surface area contributed by atoms with E-state index in [1.165, 1.54) is 36.8 Å². The fourth-order valence-electron chi connectivity index (χ4n) is 2.93. The van der Waals surface area contributed by atoms with Gasteiger partial charge in [0, 0.05) is 19.2 Å². The van der Waals surface area contributed by atoms with Gasteiger partial charge in [0.05, 0.1) is 6.10 Å². The lowest BCUT2D eigenvalue weighted by Crippen LogP contribution is -2.44. The molecule has 2 rings (SSSR count). The van der Waals surface area contributed by atoms with Gasteiger partial charge in [0.15, 0.2) is 0 Å². The molecule has 1 fully saturated rings. The first-order valence-corrected chi connectivity index (χ1v) is 7.06. The summed E-state index contributed by atoms with van der Waals surface area (Å²) in [7, 11) is 1.84. The molecule has 1 saturated carbocycles. The highest BCUT2D eigenvalue weighted by Crippen LogP contribution is 2.24. The van der Waals surface area contributed by atoms with Crippen molar-refractivity contribution in [1.82, 2.24) is 5.32 Å². The first-order valence-electron chi connectivity index (χ1n) is 7.06. The molecule has 1 aromatic rings. The van der Waals surface area contributed by atoms with Crippen molar-refractivity contribution in [3.05, 3.63) is 35.4 Å². The Morgan fingerprint density at radius 2 is 2.06 bits per heavy atom. The second kappa shape index (κ2) is 6.35. The van der Waals surface area contributed by atoms with Crippen LogP contribution in [0.25, 0.3) is 0 Å². The largest absolute Gasteiger partial charge is 0.380 e. The smallest absolute Gasteiger partial charge is 0.0724 e. The Kier molecular flexibility index (Phi) is 4.79. The van der Waals surface area contributed by atoms with Crippen LogP contribution in [0.3, 0.4) is 0 Å². The van der Waals surface area contributed by atoms with Gasteiger partial charge >= 0.3 is 0 Å². The third-order valence-electron chi connectivity index (χ3n) is 4.01. The Morgan fingerprint density at radius 1 is 1.28 bits per heavy atom. The molecular weight excluding hydrogens is 222 g/mol. The van der Waals surface area contributed by atoms with Crippen molar-refractivity contribution in [2.75, 3.05) is 7.11 Å². The summed E-state index contributed by atoms with van der Waals surface area (Å²) < 4.78 is 5.60. The molecule has 2 unspecified atom stereocenters. The fourth-order valence-corrected chi connectivity index (χ4v) is 2.93. The molecule has 0 heterocycles. The minimum Gasteiger partial charge on any atom is -0.380 e. The number of aryl methyl sites for hydroxylation is 1. The third kappa shape index (κ3) is 3.33. The van der Waals surface area contributed by atoms with Crippen LogP contribution in [0.4, 0.5) is 0 Å². The van der Waals surface area contributed by atoms with E-state index in [9.17, 15) is 0 Å². The maximum absolute atomic E-state index is 5.60. The molecule has 2 nitrogen and oxygen atoms in total. The van der Waals surface area contributed by atoms with Gasteiger partial charge in [-0.05, 0) is 32.3 Å². The summed E-state index contributed by atoms with van der Waals surface area (Å²) >= 11 is 0. The first-order chi connectivity index (χ1) is 8.70. The zero-order valence-electron chi connectivity index (χ0n) is 11.8. The lowest BCUT2D eigenvalue weighted by Gasteiger charge is -2.33. The number of rotatable bonds is 4. The molecule has 0 aromatic heterocycles. The number of hydrogen-bond acceptors (Lipinski definition) is 2. The molecule has 1 aromatic carbocycles. The molecule has 1 N–H and O–H groups in total. The minimum absolute atomic E-state index is 0.381. The van der Waals surface area contributed by atoms with Gasteiger partial charge in [-0.1, -0.05) is 42.7 Å². The van der Waals surface area contributed by atoms with Crippen molar-refractivity contribution in [3.63, 3.8) is 0 Å². The van der Waals surface area contributed by atoms with E-state index in [1.54, 1.807) is 0 Å². The maximum atomic E-state index is 5.60. The van der Waals surface area contributed by atoms with Crippen LogP contribution in [-0.2, 0) is 4.74 Å². The molecule has 0 bridgehead atoms. The van der Waals surface area contributed by atoms with Crippen LogP contribution in [0.15, 0.2) is 24.3 Å².